The van der Waals surface area contributed by atoms with E-state index in [4.69, 9.17) is 0 Å². The maximum Gasteiger partial charge on any atom is 0.329 e. The van der Waals surface area contributed by atoms with Crippen molar-refractivity contribution in [2.45, 2.75) is 44.1 Å². The van der Waals surface area contributed by atoms with Gasteiger partial charge in [-0.2, -0.15) is 0 Å². The summed E-state index contributed by atoms with van der Waals surface area (Å²) in [6, 6.07) is 3.95. The number of amides is 1. The zero-order valence-electron chi connectivity index (χ0n) is 11.6. The number of hydrogen-bond donors (Lipinski definition) is 4. The highest BCUT2D eigenvalue weighted by molar-refractivity contribution is 6.02. The molecule has 1 aromatic carbocycles. The van der Waals surface area contributed by atoms with Gasteiger partial charge in [0.1, 0.15) is 22.6 Å². The molecule has 1 fully saturated rings. The summed E-state index contributed by atoms with van der Waals surface area (Å²) in [4.78, 5) is 23.9. The number of rotatable bonds is 3. The molecule has 4 N–H and O–H groups in total. The molecule has 1 aliphatic rings. The maximum atomic E-state index is 12.3. The predicted octanol–water partition coefficient (Wildman–Crippen LogP) is 2.01. The van der Waals surface area contributed by atoms with Crippen LogP contribution in [0, 0.1) is 0 Å². The molecule has 0 bridgehead atoms. The monoisotopic (exact) mass is 293 g/mol. The number of carbonyl (C=O) groups excluding carboxylic acids is 1. The molecule has 0 saturated heterocycles. The molecule has 0 heterocycles. The number of phenols is 2. The molecular weight excluding hydrogens is 274 g/mol. The van der Waals surface area contributed by atoms with Crippen molar-refractivity contribution in [3.63, 3.8) is 0 Å². The molecule has 0 radical (unpaired) electrons. The summed E-state index contributed by atoms with van der Waals surface area (Å²) < 4.78 is 0. The molecule has 2 rings (SSSR count). The van der Waals surface area contributed by atoms with E-state index >= 15 is 0 Å². The average molecular weight is 293 g/mol. The number of hydrogen-bond acceptors (Lipinski definition) is 4. The van der Waals surface area contributed by atoms with Gasteiger partial charge in [-0.05, 0) is 25.0 Å². The summed E-state index contributed by atoms with van der Waals surface area (Å²) in [5.41, 5.74) is -1.62. The summed E-state index contributed by atoms with van der Waals surface area (Å²) in [6.45, 7) is 0. The molecule has 1 aromatic rings. The van der Waals surface area contributed by atoms with Gasteiger partial charge in [0.05, 0.1) is 0 Å². The molecular formula is C15H19NO5. The van der Waals surface area contributed by atoms with Crippen molar-refractivity contribution in [2.75, 3.05) is 0 Å². The Balaban J connectivity index is 2.28. The Morgan fingerprint density at radius 2 is 1.52 bits per heavy atom. The molecule has 6 heteroatoms. The average Bonchev–Trinajstić information content (AvgIpc) is 2.65. The lowest BCUT2D eigenvalue weighted by atomic mass is 9.89. The van der Waals surface area contributed by atoms with Crippen LogP contribution < -0.4 is 5.32 Å². The van der Waals surface area contributed by atoms with E-state index in [-0.39, 0.29) is 17.1 Å². The molecule has 1 aliphatic carbocycles. The summed E-state index contributed by atoms with van der Waals surface area (Å²) in [6.07, 6.45) is 4.02. The summed E-state index contributed by atoms with van der Waals surface area (Å²) in [5, 5.41) is 31.4. The summed E-state index contributed by atoms with van der Waals surface area (Å²) in [7, 11) is 0. The largest absolute Gasteiger partial charge is 0.507 e. The van der Waals surface area contributed by atoms with Crippen LogP contribution in [-0.4, -0.2) is 32.7 Å². The molecule has 0 atom stereocenters. The van der Waals surface area contributed by atoms with Gasteiger partial charge in [0, 0.05) is 0 Å². The van der Waals surface area contributed by atoms with E-state index in [2.05, 4.69) is 5.32 Å². The molecule has 0 aliphatic heterocycles. The number of carboxylic acids is 1. The van der Waals surface area contributed by atoms with Crippen molar-refractivity contribution in [3.05, 3.63) is 23.8 Å². The van der Waals surface area contributed by atoms with Crippen molar-refractivity contribution in [3.8, 4) is 11.5 Å². The minimum Gasteiger partial charge on any atom is -0.507 e. The van der Waals surface area contributed by atoms with Gasteiger partial charge in [-0.3, -0.25) is 4.79 Å². The number of benzene rings is 1. The van der Waals surface area contributed by atoms with Crippen LogP contribution in [0.15, 0.2) is 18.2 Å². The van der Waals surface area contributed by atoms with Gasteiger partial charge in [0.15, 0.2) is 0 Å². The molecule has 6 nitrogen and oxygen atoms in total. The SMILES string of the molecule is O=C(NC1(C(=O)O)CCCCCC1)c1c(O)cccc1O. The first-order chi connectivity index (χ1) is 9.96. The Labute approximate surface area is 122 Å². The van der Waals surface area contributed by atoms with Crippen LogP contribution in [0.5, 0.6) is 11.5 Å². The van der Waals surface area contributed by atoms with Crippen molar-refractivity contribution in [1.82, 2.24) is 5.32 Å². The summed E-state index contributed by atoms with van der Waals surface area (Å²) in [5.74, 6) is -2.59. The zero-order chi connectivity index (χ0) is 15.5. The van der Waals surface area contributed by atoms with E-state index in [9.17, 15) is 24.9 Å². The molecule has 0 unspecified atom stereocenters. The van der Waals surface area contributed by atoms with E-state index in [0.717, 1.165) is 25.7 Å². The predicted molar refractivity (Wildman–Crippen MR) is 75.3 cm³/mol. The van der Waals surface area contributed by atoms with Crippen LogP contribution in [0.25, 0.3) is 0 Å². The highest BCUT2D eigenvalue weighted by Gasteiger charge is 2.40. The van der Waals surface area contributed by atoms with Gasteiger partial charge < -0.3 is 20.6 Å². The first-order valence-corrected chi connectivity index (χ1v) is 7.03. The minimum atomic E-state index is -1.33. The lowest BCUT2D eigenvalue weighted by Gasteiger charge is -2.29. The minimum absolute atomic E-state index is 0.289. The molecule has 1 saturated carbocycles. The third-order valence-corrected chi connectivity index (χ3v) is 3.97. The van der Waals surface area contributed by atoms with Crippen LogP contribution in [0.4, 0.5) is 0 Å². The van der Waals surface area contributed by atoms with Crippen LogP contribution in [0.1, 0.15) is 48.9 Å². The van der Waals surface area contributed by atoms with Gasteiger partial charge in [0.25, 0.3) is 5.91 Å². The van der Waals surface area contributed by atoms with Crippen molar-refractivity contribution >= 4 is 11.9 Å². The normalized spacial score (nSPS) is 17.7. The third kappa shape index (κ3) is 3.09. The standard InChI is InChI=1S/C15H19NO5/c17-10-6-5-7-11(18)12(10)13(19)16-15(14(20)21)8-3-1-2-4-9-15/h5-7,17-18H,1-4,8-9H2,(H,16,19)(H,20,21). The van der Waals surface area contributed by atoms with E-state index in [1.807, 2.05) is 0 Å². The number of phenolic OH excluding ortho intramolecular Hbond substituents is 2. The van der Waals surface area contributed by atoms with Gasteiger partial charge in [-0.1, -0.05) is 31.7 Å². The fourth-order valence-electron chi connectivity index (χ4n) is 2.77. The Morgan fingerprint density at radius 1 is 1.00 bits per heavy atom. The second kappa shape index (κ2) is 6.03. The molecule has 114 valence electrons. The Hall–Kier alpha value is -2.24. The van der Waals surface area contributed by atoms with Gasteiger partial charge >= 0.3 is 5.97 Å². The van der Waals surface area contributed by atoms with Crippen LogP contribution in [0.3, 0.4) is 0 Å². The smallest absolute Gasteiger partial charge is 0.329 e. The van der Waals surface area contributed by atoms with Gasteiger partial charge in [-0.15, -0.1) is 0 Å². The van der Waals surface area contributed by atoms with Gasteiger partial charge in [-0.25, -0.2) is 4.79 Å². The fourth-order valence-corrected chi connectivity index (χ4v) is 2.77. The van der Waals surface area contributed by atoms with E-state index in [1.165, 1.54) is 18.2 Å². The lowest BCUT2D eigenvalue weighted by Crippen LogP contribution is -2.54. The van der Waals surface area contributed by atoms with Crippen LogP contribution in [0.2, 0.25) is 0 Å². The second-order valence-electron chi connectivity index (χ2n) is 5.43. The first-order valence-electron chi connectivity index (χ1n) is 7.03. The molecule has 21 heavy (non-hydrogen) atoms. The van der Waals surface area contributed by atoms with Gasteiger partial charge in [0.2, 0.25) is 0 Å². The quantitative estimate of drug-likeness (QED) is 0.638. The second-order valence-corrected chi connectivity index (χ2v) is 5.43. The number of aromatic hydroxyl groups is 2. The van der Waals surface area contributed by atoms with Crippen LogP contribution in [-0.2, 0) is 4.79 Å². The number of aliphatic carboxylic acids is 1. The van der Waals surface area contributed by atoms with Crippen molar-refractivity contribution in [1.29, 1.82) is 0 Å². The first kappa shape index (κ1) is 15.2. The maximum absolute atomic E-state index is 12.3. The van der Waals surface area contributed by atoms with E-state index in [0.29, 0.717) is 12.8 Å². The van der Waals surface area contributed by atoms with Crippen LogP contribution >= 0.6 is 0 Å². The Kier molecular flexibility index (Phi) is 4.35. The highest BCUT2D eigenvalue weighted by atomic mass is 16.4. The molecule has 0 aromatic heterocycles. The number of nitrogens with one attached hydrogen (secondary N) is 1. The topological polar surface area (TPSA) is 107 Å². The lowest BCUT2D eigenvalue weighted by molar-refractivity contribution is -0.145. The zero-order valence-corrected chi connectivity index (χ0v) is 11.6. The number of carbonyl (C=O) groups is 2. The van der Waals surface area contributed by atoms with E-state index < -0.39 is 17.4 Å². The third-order valence-electron chi connectivity index (χ3n) is 3.97. The molecule has 1 amide bonds. The summed E-state index contributed by atoms with van der Waals surface area (Å²) >= 11 is 0. The Bertz CT molecular complexity index is 527. The number of carboxylic acid groups (broad SMARTS) is 1. The Morgan fingerprint density at radius 3 is 2.00 bits per heavy atom. The van der Waals surface area contributed by atoms with Crippen molar-refractivity contribution in [2.24, 2.45) is 0 Å². The highest BCUT2D eigenvalue weighted by Crippen LogP contribution is 2.31. The van der Waals surface area contributed by atoms with E-state index in [1.54, 1.807) is 0 Å². The fraction of sp³-hybridized carbons (Fsp3) is 0.467. The molecule has 0 spiro atoms. The van der Waals surface area contributed by atoms with Crippen molar-refractivity contribution < 1.29 is 24.9 Å².